The highest BCUT2D eigenvalue weighted by Gasteiger charge is 1.94. The van der Waals surface area contributed by atoms with Gasteiger partial charge in [-0.1, -0.05) is 30.3 Å². The lowest BCUT2D eigenvalue weighted by molar-refractivity contribution is -0.117. The van der Waals surface area contributed by atoms with Gasteiger partial charge in [0.1, 0.15) is 0 Å². The summed E-state index contributed by atoms with van der Waals surface area (Å²) in [5, 5.41) is 0. The molecule has 0 unspecified atom stereocenters. The van der Waals surface area contributed by atoms with Crippen LogP contribution in [0.1, 0.15) is 5.56 Å². The van der Waals surface area contributed by atoms with Crippen molar-refractivity contribution in [3.05, 3.63) is 35.9 Å². The summed E-state index contributed by atoms with van der Waals surface area (Å²) < 4.78 is 0. The fourth-order valence-electron chi connectivity index (χ4n) is 0.797. The molecule has 1 rings (SSSR count). The van der Waals surface area contributed by atoms with E-state index in [1.54, 1.807) is 0 Å². The maximum atomic E-state index is 10.4. The quantitative estimate of drug-likeness (QED) is 0.804. The predicted molar refractivity (Wildman–Crippen MR) is 54.8 cm³/mol. The van der Waals surface area contributed by atoms with Crippen LogP contribution in [0.5, 0.6) is 0 Å². The van der Waals surface area contributed by atoms with E-state index in [9.17, 15) is 4.79 Å². The maximum absolute atomic E-state index is 10.4. The van der Waals surface area contributed by atoms with Gasteiger partial charge in [0.15, 0.2) is 0 Å². The molecule has 2 N–H and O–H groups in total. The van der Waals surface area contributed by atoms with Gasteiger partial charge in [0.25, 0.3) is 0 Å². The van der Waals surface area contributed by atoms with Crippen molar-refractivity contribution >= 4 is 29.9 Å². The van der Waals surface area contributed by atoms with Crippen molar-refractivity contribution in [2.75, 3.05) is 0 Å². The highest BCUT2D eigenvalue weighted by atomic mass is 127. The summed E-state index contributed by atoms with van der Waals surface area (Å²) in [6.07, 6.45) is 0.334. The lowest BCUT2D eigenvalue weighted by atomic mass is 10.1. The van der Waals surface area contributed by atoms with E-state index in [0.717, 1.165) is 5.56 Å². The van der Waals surface area contributed by atoms with Crippen molar-refractivity contribution in [3.63, 3.8) is 0 Å². The van der Waals surface area contributed by atoms with Crippen LogP contribution in [-0.2, 0) is 11.2 Å². The van der Waals surface area contributed by atoms with Crippen molar-refractivity contribution in [2.24, 2.45) is 5.73 Å². The molecule has 11 heavy (non-hydrogen) atoms. The molecule has 0 fully saturated rings. The molecule has 1 aromatic carbocycles. The zero-order valence-electron chi connectivity index (χ0n) is 5.99. The second-order valence-electron chi connectivity index (χ2n) is 2.13. The van der Waals surface area contributed by atoms with E-state index < -0.39 is 0 Å². The van der Waals surface area contributed by atoms with Gasteiger partial charge in [0, 0.05) is 0 Å². The number of nitrogens with two attached hydrogens (primary N) is 1. The van der Waals surface area contributed by atoms with Gasteiger partial charge >= 0.3 is 0 Å². The van der Waals surface area contributed by atoms with Gasteiger partial charge in [0.2, 0.25) is 5.91 Å². The molecule has 0 saturated heterocycles. The number of amides is 1. The zero-order chi connectivity index (χ0) is 7.40. The SMILES string of the molecule is I.NC(=O)Cc1ccccc1. The summed E-state index contributed by atoms with van der Waals surface area (Å²) in [7, 11) is 0. The Morgan fingerprint density at radius 3 is 2.27 bits per heavy atom. The number of benzene rings is 1. The molecular formula is C8H10INO. The van der Waals surface area contributed by atoms with Gasteiger partial charge in [-0.3, -0.25) is 4.79 Å². The molecule has 0 heterocycles. The van der Waals surface area contributed by atoms with Gasteiger partial charge in [-0.15, -0.1) is 24.0 Å². The van der Waals surface area contributed by atoms with Gasteiger partial charge < -0.3 is 5.73 Å². The third kappa shape index (κ3) is 3.98. The molecule has 0 aliphatic rings. The number of primary amides is 1. The third-order valence-corrected chi connectivity index (χ3v) is 1.22. The van der Waals surface area contributed by atoms with Gasteiger partial charge in [-0.05, 0) is 5.56 Å². The Labute approximate surface area is 82.8 Å². The van der Waals surface area contributed by atoms with Crippen LogP contribution in [0.2, 0.25) is 0 Å². The molecule has 0 aliphatic carbocycles. The average Bonchev–Trinajstić information content (AvgIpc) is 1.88. The van der Waals surface area contributed by atoms with Gasteiger partial charge in [0.05, 0.1) is 6.42 Å². The number of hydrogen-bond donors (Lipinski definition) is 1. The fraction of sp³-hybridized carbons (Fsp3) is 0.125. The van der Waals surface area contributed by atoms with E-state index in [1.165, 1.54) is 0 Å². The Morgan fingerprint density at radius 2 is 1.82 bits per heavy atom. The molecule has 60 valence electrons. The summed E-state index contributed by atoms with van der Waals surface area (Å²) in [5.41, 5.74) is 5.95. The van der Waals surface area contributed by atoms with Crippen LogP contribution in [0, 0.1) is 0 Å². The number of hydrogen-bond acceptors (Lipinski definition) is 1. The molecule has 0 spiro atoms. The number of carbonyl (C=O) groups is 1. The van der Waals surface area contributed by atoms with Crippen LogP contribution >= 0.6 is 24.0 Å². The van der Waals surface area contributed by atoms with E-state index >= 15 is 0 Å². The molecule has 1 aromatic rings. The second kappa shape index (κ2) is 5.12. The van der Waals surface area contributed by atoms with Crippen LogP contribution in [0.3, 0.4) is 0 Å². The molecule has 0 aromatic heterocycles. The normalized spacial score (nSPS) is 8.36. The zero-order valence-corrected chi connectivity index (χ0v) is 8.32. The molecule has 2 nitrogen and oxygen atoms in total. The highest BCUT2D eigenvalue weighted by molar-refractivity contribution is 14.0. The van der Waals surface area contributed by atoms with Crippen LogP contribution < -0.4 is 5.73 Å². The van der Waals surface area contributed by atoms with Crippen LogP contribution in [0.15, 0.2) is 30.3 Å². The largest absolute Gasteiger partial charge is 0.369 e. The van der Waals surface area contributed by atoms with Crippen LogP contribution in [0.25, 0.3) is 0 Å². The minimum absolute atomic E-state index is 0. The fourth-order valence-corrected chi connectivity index (χ4v) is 0.797. The van der Waals surface area contributed by atoms with E-state index in [2.05, 4.69) is 0 Å². The van der Waals surface area contributed by atoms with Crippen molar-refractivity contribution in [2.45, 2.75) is 6.42 Å². The molecule has 3 heteroatoms. The van der Waals surface area contributed by atoms with E-state index in [1.807, 2.05) is 30.3 Å². The molecule has 0 saturated carbocycles. The minimum Gasteiger partial charge on any atom is -0.369 e. The van der Waals surface area contributed by atoms with Crippen LogP contribution in [-0.4, -0.2) is 5.91 Å². The molecule has 0 aliphatic heterocycles. The topological polar surface area (TPSA) is 43.1 Å². The number of carbonyl (C=O) groups excluding carboxylic acids is 1. The van der Waals surface area contributed by atoms with Crippen molar-refractivity contribution in [3.8, 4) is 0 Å². The Balaban J connectivity index is 0.000001000. The Morgan fingerprint density at radius 1 is 1.27 bits per heavy atom. The van der Waals surface area contributed by atoms with E-state index in [0.29, 0.717) is 6.42 Å². The number of rotatable bonds is 2. The van der Waals surface area contributed by atoms with E-state index in [-0.39, 0.29) is 29.9 Å². The van der Waals surface area contributed by atoms with Crippen LogP contribution in [0.4, 0.5) is 0 Å². The standard InChI is InChI=1S/C8H9NO.HI/c9-8(10)6-7-4-2-1-3-5-7;/h1-5H,6H2,(H2,9,10);1H. The summed E-state index contributed by atoms with van der Waals surface area (Å²) in [5.74, 6) is -0.286. The Kier molecular flexibility index (Phi) is 4.85. The molecule has 0 bridgehead atoms. The predicted octanol–water partition coefficient (Wildman–Crippen LogP) is 1.33. The maximum Gasteiger partial charge on any atom is 0.221 e. The lowest BCUT2D eigenvalue weighted by Crippen LogP contribution is -2.13. The Bertz CT molecular complexity index is 223. The van der Waals surface area contributed by atoms with Gasteiger partial charge in [-0.25, -0.2) is 0 Å². The summed E-state index contributed by atoms with van der Waals surface area (Å²) in [6, 6.07) is 9.44. The third-order valence-electron chi connectivity index (χ3n) is 1.22. The summed E-state index contributed by atoms with van der Waals surface area (Å²) in [4.78, 5) is 10.4. The second-order valence-corrected chi connectivity index (χ2v) is 2.13. The Hall–Kier alpha value is -0.580. The average molecular weight is 263 g/mol. The molecular weight excluding hydrogens is 253 g/mol. The first-order valence-electron chi connectivity index (χ1n) is 3.11. The molecule has 0 atom stereocenters. The molecule has 0 radical (unpaired) electrons. The monoisotopic (exact) mass is 263 g/mol. The first kappa shape index (κ1) is 10.4. The van der Waals surface area contributed by atoms with Crippen molar-refractivity contribution in [1.29, 1.82) is 0 Å². The number of halogens is 1. The van der Waals surface area contributed by atoms with Crippen molar-refractivity contribution < 1.29 is 4.79 Å². The smallest absolute Gasteiger partial charge is 0.221 e. The van der Waals surface area contributed by atoms with Gasteiger partial charge in [-0.2, -0.15) is 0 Å². The highest BCUT2D eigenvalue weighted by Crippen LogP contribution is 1.97. The van der Waals surface area contributed by atoms with E-state index in [4.69, 9.17) is 5.73 Å². The summed E-state index contributed by atoms with van der Waals surface area (Å²) >= 11 is 0. The first-order chi connectivity index (χ1) is 4.79. The van der Waals surface area contributed by atoms with Crippen molar-refractivity contribution in [1.82, 2.24) is 0 Å². The molecule has 1 amide bonds. The lowest BCUT2D eigenvalue weighted by Gasteiger charge is -1.93. The minimum atomic E-state index is -0.286. The first-order valence-corrected chi connectivity index (χ1v) is 3.11. The summed E-state index contributed by atoms with van der Waals surface area (Å²) in [6.45, 7) is 0.